The van der Waals surface area contributed by atoms with Crippen LogP contribution in [-0.2, 0) is 6.54 Å². The van der Waals surface area contributed by atoms with Crippen molar-refractivity contribution >= 4 is 11.6 Å². The quantitative estimate of drug-likeness (QED) is 0.764. The second kappa shape index (κ2) is 5.89. The molecule has 0 amide bonds. The van der Waals surface area contributed by atoms with E-state index in [9.17, 15) is 0 Å². The smallest absolute Gasteiger partial charge is 0.123 e. The Labute approximate surface area is 90.0 Å². The molecule has 2 nitrogen and oxygen atoms in total. The second-order valence-corrected chi connectivity index (χ2v) is 3.59. The Bertz CT molecular complexity index is 289. The van der Waals surface area contributed by atoms with E-state index in [2.05, 4.69) is 6.92 Å². The Morgan fingerprint density at radius 1 is 1.43 bits per heavy atom. The van der Waals surface area contributed by atoms with Crippen LogP contribution in [0.25, 0.3) is 0 Å². The SMILES string of the molecule is CCCCOc1ccc(Cl)cc1CN. The minimum Gasteiger partial charge on any atom is -0.493 e. The van der Waals surface area contributed by atoms with Gasteiger partial charge in [0.1, 0.15) is 5.75 Å². The summed E-state index contributed by atoms with van der Waals surface area (Å²) in [7, 11) is 0. The third-order valence-electron chi connectivity index (χ3n) is 2.00. The molecule has 3 heteroatoms. The third-order valence-corrected chi connectivity index (χ3v) is 2.23. The zero-order valence-corrected chi connectivity index (χ0v) is 9.18. The molecule has 0 bridgehead atoms. The van der Waals surface area contributed by atoms with E-state index in [0.29, 0.717) is 11.6 Å². The largest absolute Gasteiger partial charge is 0.493 e. The summed E-state index contributed by atoms with van der Waals surface area (Å²) in [5, 5.41) is 0.702. The molecule has 0 saturated heterocycles. The Kier molecular flexibility index (Phi) is 4.77. The van der Waals surface area contributed by atoms with Crippen LogP contribution in [0.5, 0.6) is 5.75 Å². The minimum absolute atomic E-state index is 0.460. The van der Waals surface area contributed by atoms with Crippen LogP contribution in [0.15, 0.2) is 18.2 Å². The number of rotatable bonds is 5. The van der Waals surface area contributed by atoms with Gasteiger partial charge >= 0.3 is 0 Å². The maximum atomic E-state index is 5.85. The molecule has 2 N–H and O–H groups in total. The second-order valence-electron chi connectivity index (χ2n) is 3.16. The van der Waals surface area contributed by atoms with Gasteiger partial charge in [0.15, 0.2) is 0 Å². The molecule has 1 aromatic rings. The predicted octanol–water partition coefficient (Wildman–Crippen LogP) is 2.98. The van der Waals surface area contributed by atoms with Crippen molar-refractivity contribution in [1.29, 1.82) is 0 Å². The Balaban J connectivity index is 2.65. The molecule has 14 heavy (non-hydrogen) atoms. The molecule has 0 spiro atoms. The zero-order chi connectivity index (χ0) is 10.4. The van der Waals surface area contributed by atoms with Crippen LogP contribution in [0.1, 0.15) is 25.3 Å². The number of hydrogen-bond donors (Lipinski definition) is 1. The van der Waals surface area contributed by atoms with Crippen LogP contribution in [0.4, 0.5) is 0 Å². The topological polar surface area (TPSA) is 35.2 Å². The van der Waals surface area contributed by atoms with Crippen molar-refractivity contribution in [2.24, 2.45) is 5.73 Å². The summed E-state index contributed by atoms with van der Waals surface area (Å²) in [4.78, 5) is 0. The van der Waals surface area contributed by atoms with E-state index in [-0.39, 0.29) is 0 Å². The molecule has 0 aromatic heterocycles. The van der Waals surface area contributed by atoms with Crippen LogP contribution in [-0.4, -0.2) is 6.61 Å². The summed E-state index contributed by atoms with van der Waals surface area (Å²) in [5.74, 6) is 0.852. The molecular weight excluding hydrogens is 198 g/mol. The van der Waals surface area contributed by atoms with Crippen LogP contribution >= 0.6 is 11.6 Å². The normalized spacial score (nSPS) is 10.2. The summed E-state index contributed by atoms with van der Waals surface area (Å²) >= 11 is 5.85. The van der Waals surface area contributed by atoms with E-state index >= 15 is 0 Å². The molecule has 0 fully saturated rings. The van der Waals surface area contributed by atoms with Gasteiger partial charge in [-0.15, -0.1) is 0 Å². The van der Waals surface area contributed by atoms with E-state index in [1.807, 2.05) is 18.2 Å². The summed E-state index contributed by atoms with van der Waals surface area (Å²) < 4.78 is 5.58. The molecule has 0 heterocycles. The van der Waals surface area contributed by atoms with Gasteiger partial charge in [-0.3, -0.25) is 0 Å². The van der Waals surface area contributed by atoms with E-state index < -0.39 is 0 Å². The van der Waals surface area contributed by atoms with E-state index in [1.165, 1.54) is 0 Å². The van der Waals surface area contributed by atoms with Crippen molar-refractivity contribution in [1.82, 2.24) is 0 Å². The maximum Gasteiger partial charge on any atom is 0.123 e. The predicted molar refractivity (Wildman–Crippen MR) is 59.7 cm³/mol. The first-order valence-corrected chi connectivity index (χ1v) is 5.27. The Morgan fingerprint density at radius 3 is 2.86 bits per heavy atom. The Hall–Kier alpha value is -0.730. The van der Waals surface area contributed by atoms with Crippen molar-refractivity contribution in [3.05, 3.63) is 28.8 Å². The van der Waals surface area contributed by atoms with Gasteiger partial charge in [-0.2, -0.15) is 0 Å². The summed E-state index contributed by atoms with van der Waals surface area (Å²) in [5.41, 5.74) is 6.55. The minimum atomic E-state index is 0.460. The van der Waals surface area contributed by atoms with Crippen molar-refractivity contribution in [2.75, 3.05) is 6.61 Å². The van der Waals surface area contributed by atoms with Crippen molar-refractivity contribution < 1.29 is 4.74 Å². The summed E-state index contributed by atoms with van der Waals surface area (Å²) in [6.45, 7) is 3.34. The number of nitrogens with two attached hydrogens (primary N) is 1. The van der Waals surface area contributed by atoms with E-state index in [0.717, 1.165) is 30.8 Å². The number of benzene rings is 1. The fourth-order valence-corrected chi connectivity index (χ4v) is 1.37. The van der Waals surface area contributed by atoms with Gasteiger partial charge in [0, 0.05) is 17.1 Å². The van der Waals surface area contributed by atoms with Gasteiger partial charge in [-0.1, -0.05) is 24.9 Å². The first kappa shape index (κ1) is 11.3. The van der Waals surface area contributed by atoms with Crippen LogP contribution in [0.3, 0.4) is 0 Å². The lowest BCUT2D eigenvalue weighted by molar-refractivity contribution is 0.306. The number of ether oxygens (including phenoxy) is 1. The molecule has 0 aliphatic carbocycles. The van der Waals surface area contributed by atoms with Crippen molar-refractivity contribution in [2.45, 2.75) is 26.3 Å². The van der Waals surface area contributed by atoms with Gasteiger partial charge in [-0.25, -0.2) is 0 Å². The number of unbranched alkanes of at least 4 members (excludes halogenated alkanes) is 1. The van der Waals surface area contributed by atoms with Gasteiger partial charge in [-0.05, 0) is 24.6 Å². The standard InChI is InChI=1S/C11H16ClNO/c1-2-3-6-14-11-5-4-10(12)7-9(11)8-13/h4-5,7H,2-3,6,8,13H2,1H3. The molecule has 0 atom stereocenters. The van der Waals surface area contributed by atoms with E-state index in [1.54, 1.807) is 0 Å². The van der Waals surface area contributed by atoms with E-state index in [4.69, 9.17) is 22.1 Å². The van der Waals surface area contributed by atoms with Crippen molar-refractivity contribution in [3.8, 4) is 5.75 Å². The van der Waals surface area contributed by atoms with Gasteiger partial charge in [0.25, 0.3) is 0 Å². The van der Waals surface area contributed by atoms with Gasteiger partial charge < -0.3 is 10.5 Å². The lowest BCUT2D eigenvalue weighted by Crippen LogP contribution is -2.03. The fourth-order valence-electron chi connectivity index (χ4n) is 1.17. The van der Waals surface area contributed by atoms with Gasteiger partial charge in [0.2, 0.25) is 0 Å². The molecule has 1 rings (SSSR count). The molecule has 0 aliphatic rings. The summed E-state index contributed by atoms with van der Waals surface area (Å²) in [6.07, 6.45) is 2.19. The average molecular weight is 214 g/mol. The lowest BCUT2D eigenvalue weighted by Gasteiger charge is -2.09. The number of halogens is 1. The lowest BCUT2D eigenvalue weighted by atomic mass is 10.2. The highest BCUT2D eigenvalue weighted by atomic mass is 35.5. The molecule has 0 saturated carbocycles. The monoisotopic (exact) mass is 213 g/mol. The first-order chi connectivity index (χ1) is 6.77. The maximum absolute atomic E-state index is 5.85. The first-order valence-electron chi connectivity index (χ1n) is 4.89. The summed E-state index contributed by atoms with van der Waals surface area (Å²) in [6, 6.07) is 5.55. The van der Waals surface area contributed by atoms with Gasteiger partial charge in [0.05, 0.1) is 6.61 Å². The zero-order valence-electron chi connectivity index (χ0n) is 8.42. The molecule has 0 radical (unpaired) electrons. The highest BCUT2D eigenvalue weighted by molar-refractivity contribution is 6.30. The highest BCUT2D eigenvalue weighted by Crippen LogP contribution is 2.22. The van der Waals surface area contributed by atoms with Crippen LogP contribution < -0.4 is 10.5 Å². The third kappa shape index (κ3) is 3.20. The highest BCUT2D eigenvalue weighted by Gasteiger charge is 2.02. The molecule has 1 aromatic carbocycles. The molecule has 78 valence electrons. The molecule has 0 aliphatic heterocycles. The van der Waals surface area contributed by atoms with Crippen molar-refractivity contribution in [3.63, 3.8) is 0 Å². The molecule has 0 unspecified atom stereocenters. The average Bonchev–Trinajstić information content (AvgIpc) is 2.20. The fraction of sp³-hybridized carbons (Fsp3) is 0.455. The van der Waals surface area contributed by atoms with Crippen LogP contribution in [0, 0.1) is 0 Å². The number of hydrogen-bond acceptors (Lipinski definition) is 2. The van der Waals surface area contributed by atoms with Crippen LogP contribution in [0.2, 0.25) is 5.02 Å². The molecular formula is C11H16ClNO. The Morgan fingerprint density at radius 2 is 2.21 bits per heavy atom.